The SMILES string of the molecule is Cc1ccn2cc(C(=O)N(C)CCOc3ccccc3C)nc2c1. The van der Waals surface area contributed by atoms with E-state index in [1.165, 1.54) is 0 Å². The van der Waals surface area contributed by atoms with E-state index >= 15 is 0 Å². The Morgan fingerprint density at radius 2 is 2.04 bits per heavy atom. The third kappa shape index (κ3) is 3.40. The van der Waals surface area contributed by atoms with Crippen molar-refractivity contribution < 1.29 is 9.53 Å². The van der Waals surface area contributed by atoms with Crippen molar-refractivity contribution in [1.82, 2.24) is 14.3 Å². The van der Waals surface area contributed by atoms with Gasteiger partial charge in [0.15, 0.2) is 0 Å². The molecular weight excluding hydrogens is 302 g/mol. The lowest BCUT2D eigenvalue weighted by atomic mass is 10.2. The summed E-state index contributed by atoms with van der Waals surface area (Å²) in [4.78, 5) is 18.5. The zero-order valence-corrected chi connectivity index (χ0v) is 14.2. The molecule has 5 heteroatoms. The number of amides is 1. The molecule has 3 aromatic rings. The van der Waals surface area contributed by atoms with Crippen molar-refractivity contribution >= 4 is 11.6 Å². The number of benzene rings is 1. The summed E-state index contributed by atoms with van der Waals surface area (Å²) in [6.07, 6.45) is 3.67. The topological polar surface area (TPSA) is 46.8 Å². The number of hydrogen-bond donors (Lipinski definition) is 0. The lowest BCUT2D eigenvalue weighted by Gasteiger charge is -2.16. The largest absolute Gasteiger partial charge is 0.491 e. The molecular formula is C19H21N3O2. The molecule has 124 valence electrons. The Morgan fingerprint density at radius 3 is 2.83 bits per heavy atom. The Labute approximate surface area is 141 Å². The molecule has 24 heavy (non-hydrogen) atoms. The van der Waals surface area contributed by atoms with Gasteiger partial charge in [0, 0.05) is 19.4 Å². The molecule has 2 heterocycles. The first-order chi connectivity index (χ1) is 11.5. The smallest absolute Gasteiger partial charge is 0.273 e. The summed E-state index contributed by atoms with van der Waals surface area (Å²) < 4.78 is 7.61. The van der Waals surface area contributed by atoms with Gasteiger partial charge >= 0.3 is 0 Å². The molecule has 0 saturated carbocycles. The maximum Gasteiger partial charge on any atom is 0.273 e. The molecule has 0 aliphatic rings. The van der Waals surface area contributed by atoms with E-state index in [2.05, 4.69) is 4.98 Å². The van der Waals surface area contributed by atoms with Gasteiger partial charge in [0.1, 0.15) is 23.7 Å². The van der Waals surface area contributed by atoms with Crippen molar-refractivity contribution in [3.8, 4) is 5.75 Å². The molecule has 0 fully saturated rings. The fraction of sp³-hybridized carbons (Fsp3) is 0.263. The number of imidazole rings is 1. The van der Waals surface area contributed by atoms with Crippen molar-refractivity contribution in [2.24, 2.45) is 0 Å². The number of ether oxygens (including phenoxy) is 1. The highest BCUT2D eigenvalue weighted by molar-refractivity contribution is 5.92. The molecule has 0 spiro atoms. The number of rotatable bonds is 5. The van der Waals surface area contributed by atoms with Crippen LogP contribution in [-0.2, 0) is 0 Å². The number of para-hydroxylation sites is 1. The lowest BCUT2D eigenvalue weighted by molar-refractivity contribution is 0.0768. The number of carbonyl (C=O) groups is 1. The van der Waals surface area contributed by atoms with Crippen LogP contribution in [0.25, 0.3) is 5.65 Å². The van der Waals surface area contributed by atoms with Gasteiger partial charge in [-0.05, 0) is 43.2 Å². The summed E-state index contributed by atoms with van der Waals surface area (Å²) in [5, 5.41) is 0. The molecule has 1 amide bonds. The summed E-state index contributed by atoms with van der Waals surface area (Å²) in [6, 6.07) is 11.8. The molecule has 5 nitrogen and oxygen atoms in total. The summed E-state index contributed by atoms with van der Waals surface area (Å²) in [7, 11) is 1.76. The average molecular weight is 323 g/mol. The predicted molar refractivity (Wildman–Crippen MR) is 93.6 cm³/mol. The number of likely N-dealkylation sites (N-methyl/N-ethyl adjacent to an activating group) is 1. The number of nitrogens with zero attached hydrogens (tertiary/aromatic N) is 3. The van der Waals surface area contributed by atoms with Gasteiger partial charge in [-0.2, -0.15) is 0 Å². The van der Waals surface area contributed by atoms with Crippen molar-refractivity contribution in [1.29, 1.82) is 0 Å². The van der Waals surface area contributed by atoms with Crippen LogP contribution in [0.5, 0.6) is 5.75 Å². The van der Waals surface area contributed by atoms with Crippen LogP contribution in [0.4, 0.5) is 0 Å². The van der Waals surface area contributed by atoms with E-state index in [-0.39, 0.29) is 5.91 Å². The fourth-order valence-electron chi connectivity index (χ4n) is 2.49. The Bertz CT molecular complexity index is 870. The monoisotopic (exact) mass is 323 g/mol. The van der Waals surface area contributed by atoms with Gasteiger partial charge in [0.25, 0.3) is 5.91 Å². The minimum absolute atomic E-state index is 0.107. The van der Waals surface area contributed by atoms with Gasteiger partial charge in [-0.25, -0.2) is 4.98 Å². The summed E-state index contributed by atoms with van der Waals surface area (Å²) in [5.41, 5.74) is 3.43. The van der Waals surface area contributed by atoms with E-state index in [1.54, 1.807) is 18.1 Å². The minimum atomic E-state index is -0.107. The van der Waals surface area contributed by atoms with Gasteiger partial charge in [0.05, 0.1) is 6.54 Å². The third-order valence-electron chi connectivity index (χ3n) is 3.96. The van der Waals surface area contributed by atoms with E-state index in [1.807, 2.05) is 60.8 Å². The van der Waals surface area contributed by atoms with Crippen LogP contribution in [-0.4, -0.2) is 40.4 Å². The van der Waals surface area contributed by atoms with Gasteiger partial charge in [-0.3, -0.25) is 4.79 Å². The molecule has 0 aliphatic heterocycles. The first kappa shape index (κ1) is 16.1. The zero-order chi connectivity index (χ0) is 17.1. The number of aromatic nitrogens is 2. The molecule has 1 aromatic carbocycles. The van der Waals surface area contributed by atoms with Crippen LogP contribution in [0.15, 0.2) is 48.8 Å². The summed E-state index contributed by atoms with van der Waals surface area (Å²) in [5.74, 6) is 0.742. The number of pyridine rings is 1. The first-order valence-corrected chi connectivity index (χ1v) is 7.94. The van der Waals surface area contributed by atoms with E-state index in [0.717, 1.165) is 22.5 Å². The van der Waals surface area contributed by atoms with Gasteiger partial charge in [-0.1, -0.05) is 18.2 Å². The van der Waals surface area contributed by atoms with Crippen molar-refractivity contribution in [3.05, 3.63) is 65.6 Å². The highest BCUT2D eigenvalue weighted by atomic mass is 16.5. The van der Waals surface area contributed by atoms with Crippen LogP contribution in [0, 0.1) is 13.8 Å². The molecule has 2 aromatic heterocycles. The van der Waals surface area contributed by atoms with Crippen LogP contribution < -0.4 is 4.74 Å². The Hall–Kier alpha value is -2.82. The molecule has 0 bridgehead atoms. The number of carbonyl (C=O) groups excluding carboxylic acids is 1. The van der Waals surface area contributed by atoms with Gasteiger partial charge < -0.3 is 14.0 Å². The second-order valence-corrected chi connectivity index (χ2v) is 5.94. The van der Waals surface area contributed by atoms with Crippen LogP contribution in [0.2, 0.25) is 0 Å². The summed E-state index contributed by atoms with van der Waals surface area (Å²) in [6.45, 7) is 4.95. The first-order valence-electron chi connectivity index (χ1n) is 7.94. The standard InChI is InChI=1S/C19H21N3O2/c1-14-8-9-22-13-16(20-18(22)12-14)19(23)21(3)10-11-24-17-7-5-4-6-15(17)2/h4-9,12-13H,10-11H2,1-3H3. The minimum Gasteiger partial charge on any atom is -0.491 e. The molecule has 0 unspecified atom stereocenters. The third-order valence-corrected chi connectivity index (χ3v) is 3.96. The molecule has 0 atom stereocenters. The molecule has 0 saturated heterocycles. The normalized spacial score (nSPS) is 10.8. The van der Waals surface area contributed by atoms with E-state index in [4.69, 9.17) is 4.74 Å². The van der Waals surface area contributed by atoms with Gasteiger partial charge in [-0.15, -0.1) is 0 Å². The Kier molecular flexibility index (Phi) is 4.51. The number of aryl methyl sites for hydroxylation is 2. The van der Waals surface area contributed by atoms with Crippen LogP contribution in [0.3, 0.4) is 0 Å². The van der Waals surface area contributed by atoms with E-state index < -0.39 is 0 Å². The molecule has 0 radical (unpaired) electrons. The van der Waals surface area contributed by atoms with Crippen molar-refractivity contribution in [3.63, 3.8) is 0 Å². The molecule has 0 N–H and O–H groups in total. The van der Waals surface area contributed by atoms with Gasteiger partial charge in [0.2, 0.25) is 0 Å². The van der Waals surface area contributed by atoms with E-state index in [9.17, 15) is 4.79 Å². The maximum atomic E-state index is 12.5. The number of fused-ring (bicyclic) bond motifs is 1. The fourth-order valence-corrected chi connectivity index (χ4v) is 2.49. The van der Waals surface area contributed by atoms with Crippen LogP contribution in [0.1, 0.15) is 21.6 Å². The quantitative estimate of drug-likeness (QED) is 0.725. The lowest BCUT2D eigenvalue weighted by Crippen LogP contribution is -2.31. The van der Waals surface area contributed by atoms with Crippen molar-refractivity contribution in [2.45, 2.75) is 13.8 Å². The highest BCUT2D eigenvalue weighted by Crippen LogP contribution is 2.16. The second-order valence-electron chi connectivity index (χ2n) is 5.94. The predicted octanol–water partition coefficient (Wildman–Crippen LogP) is 3.10. The van der Waals surface area contributed by atoms with Crippen molar-refractivity contribution in [2.75, 3.05) is 20.2 Å². The zero-order valence-electron chi connectivity index (χ0n) is 14.2. The Morgan fingerprint density at radius 1 is 1.25 bits per heavy atom. The second kappa shape index (κ2) is 6.74. The van der Waals surface area contributed by atoms with E-state index in [0.29, 0.717) is 18.8 Å². The average Bonchev–Trinajstić information content (AvgIpc) is 2.98. The highest BCUT2D eigenvalue weighted by Gasteiger charge is 2.15. The summed E-state index contributed by atoms with van der Waals surface area (Å²) >= 11 is 0. The maximum absolute atomic E-state index is 12.5. The molecule has 3 rings (SSSR count). The Balaban J connectivity index is 1.62. The van der Waals surface area contributed by atoms with Crippen LogP contribution >= 0.6 is 0 Å². The molecule has 0 aliphatic carbocycles. The number of hydrogen-bond acceptors (Lipinski definition) is 3.